The molecular formula is C21H38N4O3S+2. The number of aryl methyl sites for hydroxylation is 2. The largest absolute Gasteiger partial charge is 0.351 e. The Balaban J connectivity index is 1.77. The molecule has 7 nitrogen and oxygen atoms in total. The molecule has 0 aromatic heterocycles. The van der Waals surface area contributed by atoms with E-state index in [2.05, 4.69) is 31.4 Å². The lowest BCUT2D eigenvalue weighted by molar-refractivity contribution is -0.895. The molecule has 1 aromatic carbocycles. The van der Waals surface area contributed by atoms with Crippen molar-refractivity contribution in [2.45, 2.75) is 51.5 Å². The van der Waals surface area contributed by atoms with Gasteiger partial charge in [0.2, 0.25) is 10.0 Å². The molecule has 1 aliphatic heterocycles. The summed E-state index contributed by atoms with van der Waals surface area (Å²) in [5.74, 6) is 0.0431. The number of sulfonamides is 1. The van der Waals surface area contributed by atoms with E-state index in [0.29, 0.717) is 44.2 Å². The van der Waals surface area contributed by atoms with Crippen LogP contribution in [0.2, 0.25) is 0 Å². The molecule has 0 aliphatic carbocycles. The average Bonchev–Trinajstić information content (AvgIpc) is 2.63. The van der Waals surface area contributed by atoms with Crippen LogP contribution in [-0.2, 0) is 14.8 Å². The minimum Gasteiger partial charge on any atom is -0.351 e. The summed E-state index contributed by atoms with van der Waals surface area (Å²) in [7, 11) is -3.48. The third kappa shape index (κ3) is 7.37. The quantitative estimate of drug-likeness (QED) is 0.469. The molecule has 1 heterocycles. The normalized spacial score (nSPS) is 16.7. The number of hydrogen-bond acceptors (Lipinski definition) is 3. The Kier molecular flexibility index (Phi) is 8.22. The number of nitrogens with zero attached hydrogens (tertiary/aromatic N) is 1. The van der Waals surface area contributed by atoms with Gasteiger partial charge in [-0.3, -0.25) is 4.79 Å². The standard InChI is InChI=1S/C21H36N4O3S/c1-17-7-8-18(2)19(15-17)29(27,28)25-13-11-24(12-14-25)16-20(26)22-9-6-10-23-21(3,4)5/h7-8,15,23H,6,9-14,16H2,1-5H3,(H,22,26)/p+2. The summed E-state index contributed by atoms with van der Waals surface area (Å²) < 4.78 is 27.5. The number of amides is 1. The highest BCUT2D eigenvalue weighted by atomic mass is 32.2. The fraction of sp³-hybridized carbons (Fsp3) is 0.667. The molecule has 1 aliphatic rings. The van der Waals surface area contributed by atoms with Gasteiger partial charge in [0.1, 0.15) is 0 Å². The molecule has 0 spiro atoms. The molecule has 0 atom stereocenters. The summed E-state index contributed by atoms with van der Waals surface area (Å²) in [5.41, 5.74) is 1.93. The van der Waals surface area contributed by atoms with Crippen molar-refractivity contribution in [2.24, 2.45) is 0 Å². The van der Waals surface area contributed by atoms with Crippen LogP contribution in [0.25, 0.3) is 0 Å². The number of nitrogens with two attached hydrogens (primary N) is 1. The van der Waals surface area contributed by atoms with Crippen LogP contribution in [0.3, 0.4) is 0 Å². The monoisotopic (exact) mass is 426 g/mol. The molecule has 29 heavy (non-hydrogen) atoms. The van der Waals surface area contributed by atoms with Gasteiger partial charge < -0.3 is 15.5 Å². The minimum atomic E-state index is -3.48. The maximum Gasteiger partial charge on any atom is 0.275 e. The third-order valence-corrected chi connectivity index (χ3v) is 7.30. The van der Waals surface area contributed by atoms with Crippen LogP contribution < -0.4 is 15.5 Å². The summed E-state index contributed by atoms with van der Waals surface area (Å²) in [6.45, 7) is 14.5. The van der Waals surface area contributed by atoms with Crippen molar-refractivity contribution in [3.05, 3.63) is 29.3 Å². The molecule has 164 valence electrons. The second-order valence-electron chi connectivity index (χ2n) is 9.16. The maximum atomic E-state index is 13.0. The maximum absolute atomic E-state index is 13.0. The first kappa shape index (κ1) is 23.8. The van der Waals surface area contributed by atoms with Crippen LogP contribution in [-0.4, -0.2) is 70.0 Å². The van der Waals surface area contributed by atoms with E-state index >= 15 is 0 Å². The predicted octanol–water partition coefficient (Wildman–Crippen LogP) is -0.939. The summed E-state index contributed by atoms with van der Waals surface area (Å²) in [5, 5.41) is 5.26. The van der Waals surface area contributed by atoms with Gasteiger partial charge in [-0.15, -0.1) is 0 Å². The fourth-order valence-electron chi connectivity index (χ4n) is 3.50. The van der Waals surface area contributed by atoms with Crippen molar-refractivity contribution >= 4 is 15.9 Å². The van der Waals surface area contributed by atoms with Crippen LogP contribution in [0.1, 0.15) is 38.3 Å². The molecular weight excluding hydrogens is 388 g/mol. The number of carbonyl (C=O) groups is 1. The van der Waals surface area contributed by atoms with Crippen LogP contribution in [0.4, 0.5) is 0 Å². The first-order valence-electron chi connectivity index (χ1n) is 10.5. The highest BCUT2D eigenvalue weighted by Gasteiger charge is 2.32. The first-order valence-corrected chi connectivity index (χ1v) is 11.9. The van der Waals surface area contributed by atoms with Crippen molar-refractivity contribution in [2.75, 3.05) is 45.8 Å². The van der Waals surface area contributed by atoms with Gasteiger partial charge in [0.05, 0.1) is 43.2 Å². The number of hydrogen-bond donors (Lipinski definition) is 3. The lowest BCUT2D eigenvalue weighted by Crippen LogP contribution is -3.15. The van der Waals surface area contributed by atoms with Gasteiger partial charge in [-0.05, 0) is 51.8 Å². The highest BCUT2D eigenvalue weighted by Crippen LogP contribution is 2.21. The molecule has 2 rings (SSSR count). The number of carbonyl (C=O) groups excluding carboxylic acids is 1. The van der Waals surface area contributed by atoms with Crippen molar-refractivity contribution in [1.29, 1.82) is 0 Å². The Morgan fingerprint density at radius 2 is 1.86 bits per heavy atom. The topological polar surface area (TPSA) is 87.5 Å². The second kappa shape index (κ2) is 10.0. The molecule has 1 amide bonds. The first-order chi connectivity index (χ1) is 13.5. The number of rotatable bonds is 8. The molecule has 0 unspecified atom stereocenters. The smallest absolute Gasteiger partial charge is 0.275 e. The number of benzene rings is 1. The van der Waals surface area contributed by atoms with E-state index < -0.39 is 10.0 Å². The fourth-order valence-corrected chi connectivity index (χ4v) is 5.25. The Hall–Kier alpha value is -1.48. The van der Waals surface area contributed by atoms with Gasteiger partial charge in [-0.2, -0.15) is 4.31 Å². The molecule has 1 fully saturated rings. The van der Waals surface area contributed by atoms with E-state index in [-0.39, 0.29) is 11.4 Å². The molecule has 1 aromatic rings. The molecule has 0 bridgehead atoms. The Labute approximate surface area is 175 Å². The van der Waals surface area contributed by atoms with Crippen LogP contribution >= 0.6 is 0 Å². The van der Waals surface area contributed by atoms with Crippen molar-refractivity contribution in [1.82, 2.24) is 9.62 Å². The molecule has 0 saturated carbocycles. The zero-order valence-corrected chi connectivity index (χ0v) is 19.4. The summed E-state index contributed by atoms with van der Waals surface area (Å²) >= 11 is 0. The van der Waals surface area contributed by atoms with E-state index in [1.54, 1.807) is 10.4 Å². The summed E-state index contributed by atoms with van der Waals surface area (Å²) in [4.78, 5) is 13.7. The lowest BCUT2D eigenvalue weighted by atomic mass is 10.1. The van der Waals surface area contributed by atoms with E-state index in [1.807, 2.05) is 26.0 Å². The van der Waals surface area contributed by atoms with E-state index in [4.69, 9.17) is 0 Å². The predicted molar refractivity (Wildman–Crippen MR) is 114 cm³/mol. The van der Waals surface area contributed by atoms with Crippen molar-refractivity contribution in [3.63, 3.8) is 0 Å². The van der Waals surface area contributed by atoms with Gasteiger partial charge >= 0.3 is 0 Å². The number of nitrogens with one attached hydrogen (secondary N) is 2. The lowest BCUT2D eigenvalue weighted by Gasteiger charge is -2.31. The van der Waals surface area contributed by atoms with E-state index in [9.17, 15) is 13.2 Å². The number of piperazine rings is 1. The zero-order valence-electron chi connectivity index (χ0n) is 18.5. The summed E-state index contributed by atoms with van der Waals surface area (Å²) in [6, 6.07) is 5.53. The average molecular weight is 427 g/mol. The van der Waals surface area contributed by atoms with Gasteiger partial charge in [-0.25, -0.2) is 8.42 Å². The highest BCUT2D eigenvalue weighted by molar-refractivity contribution is 7.89. The Morgan fingerprint density at radius 3 is 2.48 bits per heavy atom. The SMILES string of the molecule is Cc1ccc(C)c(S(=O)(=O)N2CC[NH+](CC(=O)NCCC[NH2+]C(C)(C)C)CC2)c1. The molecule has 4 N–H and O–H groups in total. The van der Waals surface area contributed by atoms with E-state index in [0.717, 1.165) is 29.0 Å². The van der Waals surface area contributed by atoms with Crippen LogP contribution in [0.15, 0.2) is 23.1 Å². The van der Waals surface area contributed by atoms with Crippen molar-refractivity contribution in [3.8, 4) is 0 Å². The Bertz CT molecular complexity index is 795. The van der Waals surface area contributed by atoms with Crippen molar-refractivity contribution < 1.29 is 23.4 Å². The zero-order chi connectivity index (χ0) is 21.7. The second-order valence-corrected chi connectivity index (χ2v) is 11.1. The number of quaternary nitrogens is 2. The molecule has 1 saturated heterocycles. The van der Waals surface area contributed by atoms with Gasteiger partial charge in [-0.1, -0.05) is 12.1 Å². The Morgan fingerprint density at radius 1 is 1.21 bits per heavy atom. The summed E-state index contributed by atoms with van der Waals surface area (Å²) in [6.07, 6.45) is 0.945. The molecule has 0 radical (unpaired) electrons. The van der Waals surface area contributed by atoms with Gasteiger partial charge in [0, 0.05) is 13.0 Å². The van der Waals surface area contributed by atoms with Gasteiger partial charge in [0.25, 0.3) is 5.91 Å². The molecule has 8 heteroatoms. The van der Waals surface area contributed by atoms with Gasteiger partial charge in [0.15, 0.2) is 6.54 Å². The van der Waals surface area contributed by atoms with Crippen LogP contribution in [0, 0.1) is 13.8 Å². The minimum absolute atomic E-state index is 0.0431. The van der Waals surface area contributed by atoms with Crippen LogP contribution in [0.5, 0.6) is 0 Å². The third-order valence-electron chi connectivity index (χ3n) is 5.26. The van der Waals surface area contributed by atoms with E-state index in [1.165, 1.54) is 0 Å².